The van der Waals surface area contributed by atoms with Crippen molar-refractivity contribution < 1.29 is 0 Å². The van der Waals surface area contributed by atoms with E-state index in [4.69, 9.17) is 0 Å². The molecule has 12 heavy (non-hydrogen) atoms. The average molecular weight is 164 g/mol. The van der Waals surface area contributed by atoms with Gasteiger partial charge in [0.15, 0.2) is 0 Å². The van der Waals surface area contributed by atoms with Gasteiger partial charge in [-0.15, -0.1) is 9.73 Å². The molecule has 0 amide bonds. The Kier molecular flexibility index (Phi) is 2.74. The molecule has 0 aliphatic rings. The first-order valence-electron chi connectivity index (χ1n) is 3.99. The predicted octanol–water partition coefficient (Wildman–Crippen LogP) is 1.46. The zero-order valence-corrected chi connectivity index (χ0v) is 7.52. The molecule has 0 unspecified atom stereocenters. The lowest BCUT2D eigenvalue weighted by Crippen LogP contribution is -1.95. The van der Waals surface area contributed by atoms with Crippen molar-refractivity contribution in [1.82, 2.24) is 19.8 Å². The highest BCUT2D eigenvalue weighted by Gasteiger charge is 1.95. The van der Waals surface area contributed by atoms with Crippen LogP contribution in [0.15, 0.2) is 18.6 Å². The van der Waals surface area contributed by atoms with Crippen molar-refractivity contribution in [2.24, 2.45) is 0 Å². The van der Waals surface area contributed by atoms with Gasteiger partial charge in [-0.05, 0) is 13.0 Å². The van der Waals surface area contributed by atoms with Crippen LogP contribution in [0.5, 0.6) is 0 Å². The molecule has 0 aliphatic carbocycles. The highest BCUT2D eigenvalue weighted by Crippen LogP contribution is 2.01. The van der Waals surface area contributed by atoms with Crippen molar-refractivity contribution in [3.8, 4) is 0 Å². The lowest BCUT2D eigenvalue weighted by molar-refractivity contribution is 0.773. The fourth-order valence-corrected chi connectivity index (χ4v) is 0.881. The first-order valence-corrected chi connectivity index (χ1v) is 3.99. The molecule has 0 aromatic carbocycles. The molecule has 0 radical (unpaired) electrons. The number of rotatable bonds is 0. The van der Waals surface area contributed by atoms with E-state index in [1.807, 2.05) is 26.8 Å². The zero-order valence-electron chi connectivity index (χ0n) is 7.52. The van der Waals surface area contributed by atoms with Gasteiger partial charge >= 0.3 is 0 Å². The maximum Gasteiger partial charge on any atom is 0.138 e. The quantitative estimate of drug-likeness (QED) is 0.592. The van der Waals surface area contributed by atoms with Crippen LogP contribution in [-0.2, 0) is 0 Å². The van der Waals surface area contributed by atoms with E-state index in [2.05, 4.69) is 15.2 Å². The molecule has 0 aliphatic heterocycles. The monoisotopic (exact) mass is 164 g/mol. The van der Waals surface area contributed by atoms with Crippen molar-refractivity contribution >= 4 is 5.52 Å². The Labute approximate surface area is 71.2 Å². The molecule has 64 valence electrons. The Morgan fingerprint density at radius 1 is 1.25 bits per heavy atom. The van der Waals surface area contributed by atoms with E-state index in [0.717, 1.165) is 11.2 Å². The van der Waals surface area contributed by atoms with Crippen molar-refractivity contribution in [2.45, 2.75) is 20.8 Å². The zero-order chi connectivity index (χ0) is 8.97. The summed E-state index contributed by atoms with van der Waals surface area (Å²) in [6, 6.07) is 1.88. The molecule has 0 N–H and O–H groups in total. The molecule has 2 aromatic heterocycles. The van der Waals surface area contributed by atoms with Crippen molar-refractivity contribution in [3.05, 3.63) is 24.3 Å². The number of aromatic nitrogens is 4. The van der Waals surface area contributed by atoms with Crippen LogP contribution in [0.1, 0.15) is 19.5 Å². The minimum atomic E-state index is 0.951. The summed E-state index contributed by atoms with van der Waals surface area (Å²) in [6.45, 7) is 5.93. The molecule has 0 bridgehead atoms. The van der Waals surface area contributed by atoms with Gasteiger partial charge in [0, 0.05) is 0 Å². The minimum Gasteiger partial charge on any atom is -0.237 e. The van der Waals surface area contributed by atoms with Crippen LogP contribution in [0.25, 0.3) is 5.52 Å². The summed E-state index contributed by atoms with van der Waals surface area (Å²) in [6.07, 6.45) is 3.20. The van der Waals surface area contributed by atoms with Gasteiger partial charge in [-0.2, -0.15) is 5.10 Å². The van der Waals surface area contributed by atoms with Crippen LogP contribution in [0.4, 0.5) is 0 Å². The summed E-state index contributed by atoms with van der Waals surface area (Å²) >= 11 is 0. The van der Waals surface area contributed by atoms with Gasteiger partial charge in [0.25, 0.3) is 0 Å². The summed E-state index contributed by atoms with van der Waals surface area (Å²) in [5.74, 6) is 0. The molecular weight excluding hydrogens is 152 g/mol. The number of hydrogen-bond donors (Lipinski definition) is 0. The normalized spacial score (nSPS) is 9.25. The highest BCUT2D eigenvalue weighted by molar-refractivity contribution is 5.47. The van der Waals surface area contributed by atoms with E-state index in [1.165, 1.54) is 6.33 Å². The Morgan fingerprint density at radius 3 is 2.67 bits per heavy atom. The van der Waals surface area contributed by atoms with E-state index in [1.54, 1.807) is 10.8 Å². The first kappa shape index (κ1) is 8.64. The molecule has 0 saturated carbocycles. The number of nitrogens with zero attached hydrogens (tertiary/aromatic N) is 4. The smallest absolute Gasteiger partial charge is 0.138 e. The molecule has 2 heterocycles. The predicted molar refractivity (Wildman–Crippen MR) is 46.9 cm³/mol. The van der Waals surface area contributed by atoms with Crippen molar-refractivity contribution in [1.29, 1.82) is 0 Å². The van der Waals surface area contributed by atoms with Crippen LogP contribution >= 0.6 is 0 Å². The second-order valence-electron chi connectivity index (χ2n) is 2.05. The summed E-state index contributed by atoms with van der Waals surface area (Å²) < 4.78 is 1.56. The van der Waals surface area contributed by atoms with E-state index in [9.17, 15) is 0 Å². The second kappa shape index (κ2) is 3.80. The third-order valence-electron chi connectivity index (χ3n) is 1.41. The van der Waals surface area contributed by atoms with Crippen LogP contribution in [0.2, 0.25) is 0 Å². The van der Waals surface area contributed by atoms with Crippen LogP contribution in [0, 0.1) is 6.92 Å². The highest BCUT2D eigenvalue weighted by atomic mass is 15.4. The molecule has 0 saturated heterocycles. The lowest BCUT2D eigenvalue weighted by Gasteiger charge is -1.91. The van der Waals surface area contributed by atoms with Gasteiger partial charge < -0.3 is 0 Å². The molecule has 0 atom stereocenters. The molecule has 0 spiro atoms. The van der Waals surface area contributed by atoms with Gasteiger partial charge in [-0.3, -0.25) is 0 Å². The SMILES string of the molecule is CC.Cc1ncnn2nccc12. The van der Waals surface area contributed by atoms with Crippen LogP contribution in [0.3, 0.4) is 0 Å². The van der Waals surface area contributed by atoms with Gasteiger partial charge in [0.05, 0.1) is 11.9 Å². The Bertz CT molecular complexity index is 353. The first-order chi connectivity index (χ1) is 5.88. The standard InChI is InChI=1S/C6H6N4.C2H6/c1-5-6-2-3-8-10(6)9-4-7-5;1-2/h2-4H,1H3;1-2H3. The summed E-state index contributed by atoms with van der Waals surface area (Å²) in [5, 5.41) is 7.84. The maximum absolute atomic E-state index is 4.01. The van der Waals surface area contributed by atoms with Gasteiger partial charge in [0.1, 0.15) is 11.8 Å². The summed E-state index contributed by atoms with van der Waals surface area (Å²) in [5.41, 5.74) is 1.91. The van der Waals surface area contributed by atoms with Crippen LogP contribution in [-0.4, -0.2) is 19.8 Å². The fraction of sp³-hybridized carbons (Fsp3) is 0.375. The van der Waals surface area contributed by atoms with E-state index < -0.39 is 0 Å². The van der Waals surface area contributed by atoms with Crippen molar-refractivity contribution in [2.75, 3.05) is 0 Å². The maximum atomic E-state index is 4.01. The van der Waals surface area contributed by atoms with Crippen LogP contribution < -0.4 is 0 Å². The molecule has 0 fully saturated rings. The molecule has 4 nitrogen and oxygen atoms in total. The fourth-order valence-electron chi connectivity index (χ4n) is 0.881. The number of aryl methyl sites for hydroxylation is 1. The Balaban J connectivity index is 0.000000336. The minimum absolute atomic E-state index is 0.951. The number of fused-ring (bicyclic) bond motifs is 1. The molecule has 4 heteroatoms. The third kappa shape index (κ3) is 1.42. The van der Waals surface area contributed by atoms with E-state index in [0.29, 0.717) is 0 Å². The van der Waals surface area contributed by atoms with Gasteiger partial charge in [-0.25, -0.2) is 4.98 Å². The second-order valence-corrected chi connectivity index (χ2v) is 2.05. The molecular formula is C8H12N4. The Morgan fingerprint density at radius 2 is 2.00 bits per heavy atom. The Hall–Kier alpha value is -1.45. The van der Waals surface area contributed by atoms with Gasteiger partial charge in [-0.1, -0.05) is 13.8 Å². The lowest BCUT2D eigenvalue weighted by atomic mass is 10.4. The topological polar surface area (TPSA) is 43.1 Å². The largest absolute Gasteiger partial charge is 0.237 e. The summed E-state index contributed by atoms with van der Waals surface area (Å²) in [7, 11) is 0. The van der Waals surface area contributed by atoms with E-state index >= 15 is 0 Å². The number of hydrogen-bond acceptors (Lipinski definition) is 3. The third-order valence-corrected chi connectivity index (χ3v) is 1.41. The molecule has 2 aromatic rings. The summed E-state index contributed by atoms with van der Waals surface area (Å²) in [4.78, 5) is 4.01. The van der Waals surface area contributed by atoms with E-state index in [-0.39, 0.29) is 0 Å². The van der Waals surface area contributed by atoms with Gasteiger partial charge in [0.2, 0.25) is 0 Å². The molecule has 2 rings (SSSR count). The van der Waals surface area contributed by atoms with Crippen molar-refractivity contribution in [3.63, 3.8) is 0 Å². The average Bonchev–Trinajstić information content (AvgIpc) is 2.57.